The number of alkyl halides is 3. The van der Waals surface area contributed by atoms with Crippen LogP contribution < -0.4 is 10.5 Å². The Bertz CT molecular complexity index is 578. The van der Waals surface area contributed by atoms with E-state index in [2.05, 4.69) is 0 Å². The van der Waals surface area contributed by atoms with Crippen molar-refractivity contribution in [2.45, 2.75) is 31.7 Å². The Labute approximate surface area is 143 Å². The van der Waals surface area contributed by atoms with E-state index in [-0.39, 0.29) is 24.7 Å². The molecule has 1 aliphatic rings. The van der Waals surface area contributed by atoms with Crippen LogP contribution in [0.25, 0.3) is 0 Å². The number of amides is 1. The summed E-state index contributed by atoms with van der Waals surface area (Å²) in [4.78, 5) is 13.5. The van der Waals surface area contributed by atoms with Crippen molar-refractivity contribution in [3.8, 4) is 5.75 Å². The van der Waals surface area contributed by atoms with E-state index < -0.39 is 42.0 Å². The van der Waals surface area contributed by atoms with Gasteiger partial charge in [-0.1, -0.05) is 0 Å². The summed E-state index contributed by atoms with van der Waals surface area (Å²) < 4.78 is 56.9. The molecule has 1 aliphatic heterocycles. The van der Waals surface area contributed by atoms with Gasteiger partial charge in [-0.3, -0.25) is 4.79 Å². The molecule has 1 aromatic rings. The zero-order chi connectivity index (χ0) is 17.4. The Hall–Kier alpha value is -1.54. The Kier molecular flexibility index (Phi) is 6.10. The molecule has 9 heteroatoms. The van der Waals surface area contributed by atoms with Crippen LogP contribution in [0.2, 0.25) is 0 Å². The van der Waals surface area contributed by atoms with Crippen molar-refractivity contribution < 1.29 is 27.1 Å². The molecule has 0 unspecified atom stereocenters. The van der Waals surface area contributed by atoms with E-state index in [1.807, 2.05) is 0 Å². The summed E-state index contributed by atoms with van der Waals surface area (Å²) in [6, 6.07) is 3.88. The second-order valence-electron chi connectivity index (χ2n) is 6.09. The van der Waals surface area contributed by atoms with E-state index in [0.29, 0.717) is 0 Å². The lowest BCUT2D eigenvalue weighted by Gasteiger charge is -2.30. The number of nitrogens with zero attached hydrogens (tertiary/aromatic N) is 1. The number of hydrogen-bond donors (Lipinski definition) is 1. The first-order valence-electron chi connectivity index (χ1n) is 7.07. The van der Waals surface area contributed by atoms with Crippen molar-refractivity contribution in [1.29, 1.82) is 0 Å². The molecule has 1 amide bonds. The fraction of sp³-hybridized carbons (Fsp3) is 0.533. The first-order valence-corrected chi connectivity index (χ1v) is 7.07. The lowest BCUT2D eigenvalue weighted by Crippen LogP contribution is -2.48. The van der Waals surface area contributed by atoms with Gasteiger partial charge in [0, 0.05) is 19.1 Å². The molecular weight excluding hydrogens is 352 g/mol. The molecule has 0 spiro atoms. The minimum absolute atomic E-state index is 0. The maximum atomic E-state index is 12.9. The minimum Gasteiger partial charge on any atom is -0.478 e. The van der Waals surface area contributed by atoms with Gasteiger partial charge in [0.2, 0.25) is 0 Å². The third kappa shape index (κ3) is 4.51. The number of carbonyl (C=O) groups is 1. The second kappa shape index (κ2) is 7.14. The molecule has 2 rings (SSSR count). The third-order valence-corrected chi connectivity index (χ3v) is 3.77. The van der Waals surface area contributed by atoms with Gasteiger partial charge in [0.05, 0.1) is 5.92 Å². The molecule has 0 bridgehead atoms. The van der Waals surface area contributed by atoms with Crippen LogP contribution in [0.3, 0.4) is 0 Å². The van der Waals surface area contributed by atoms with Crippen LogP contribution in [0.15, 0.2) is 24.3 Å². The summed E-state index contributed by atoms with van der Waals surface area (Å²) in [5.74, 6) is -2.54. The zero-order valence-electron chi connectivity index (χ0n) is 13.1. The Morgan fingerprint density at radius 1 is 1.21 bits per heavy atom. The molecule has 0 radical (unpaired) electrons. The molecule has 2 N–H and O–H groups in total. The van der Waals surface area contributed by atoms with Crippen LogP contribution in [0.4, 0.5) is 17.6 Å². The summed E-state index contributed by atoms with van der Waals surface area (Å²) in [6.07, 6.45) is -4.45. The Morgan fingerprint density at radius 2 is 1.75 bits per heavy atom. The quantitative estimate of drug-likeness (QED) is 0.832. The topological polar surface area (TPSA) is 55.6 Å². The highest BCUT2D eigenvalue weighted by atomic mass is 35.5. The van der Waals surface area contributed by atoms with Crippen molar-refractivity contribution in [3.63, 3.8) is 0 Å². The molecule has 1 aromatic carbocycles. The summed E-state index contributed by atoms with van der Waals surface area (Å²) >= 11 is 0. The van der Waals surface area contributed by atoms with Crippen molar-refractivity contribution >= 4 is 18.3 Å². The number of rotatable bonds is 3. The smallest absolute Gasteiger partial charge is 0.395 e. The minimum atomic E-state index is -4.45. The van der Waals surface area contributed by atoms with Crippen LogP contribution in [-0.4, -0.2) is 41.7 Å². The van der Waals surface area contributed by atoms with E-state index in [0.717, 1.165) is 4.90 Å². The predicted octanol–water partition coefficient (Wildman–Crippen LogP) is 2.75. The molecule has 0 aliphatic carbocycles. The van der Waals surface area contributed by atoms with E-state index in [4.69, 9.17) is 10.5 Å². The summed E-state index contributed by atoms with van der Waals surface area (Å²) in [5.41, 5.74) is 4.12. The number of halogens is 5. The van der Waals surface area contributed by atoms with Gasteiger partial charge in [0.15, 0.2) is 5.60 Å². The number of hydrogen-bond acceptors (Lipinski definition) is 3. The first-order chi connectivity index (χ1) is 10.5. The lowest BCUT2D eigenvalue weighted by atomic mass is 10.0. The standard InChI is InChI=1S/C15H18F4N2O2.ClH/c1-14(2,23-10-5-3-9(16)4-6-10)13(22)21-7-11(12(20)8-21)15(17,18)19;/h3-6,11-12H,7-8,20H2,1-2H3;1H/t11-,12-;/m0./s1. The largest absolute Gasteiger partial charge is 0.478 e. The van der Waals surface area contributed by atoms with Gasteiger partial charge < -0.3 is 15.4 Å². The molecule has 2 atom stereocenters. The normalized spacial score (nSPS) is 21.4. The van der Waals surface area contributed by atoms with E-state index >= 15 is 0 Å². The Morgan fingerprint density at radius 3 is 2.21 bits per heavy atom. The highest BCUT2D eigenvalue weighted by Crippen LogP contribution is 2.34. The predicted molar refractivity (Wildman–Crippen MR) is 82.5 cm³/mol. The molecule has 0 aromatic heterocycles. The van der Waals surface area contributed by atoms with Crippen LogP contribution in [0.1, 0.15) is 13.8 Å². The van der Waals surface area contributed by atoms with Gasteiger partial charge in [0.25, 0.3) is 5.91 Å². The highest BCUT2D eigenvalue weighted by Gasteiger charge is 2.51. The summed E-state index contributed by atoms with van der Waals surface area (Å²) in [7, 11) is 0. The van der Waals surface area contributed by atoms with Crippen molar-refractivity contribution in [1.82, 2.24) is 4.90 Å². The van der Waals surface area contributed by atoms with Gasteiger partial charge in [-0.2, -0.15) is 13.2 Å². The third-order valence-electron chi connectivity index (χ3n) is 3.77. The van der Waals surface area contributed by atoms with Gasteiger partial charge in [-0.15, -0.1) is 12.4 Å². The molecule has 24 heavy (non-hydrogen) atoms. The number of likely N-dealkylation sites (tertiary alicyclic amines) is 1. The molecule has 136 valence electrons. The van der Waals surface area contributed by atoms with Crippen LogP contribution >= 0.6 is 12.4 Å². The van der Waals surface area contributed by atoms with Gasteiger partial charge in [0.1, 0.15) is 11.6 Å². The van der Waals surface area contributed by atoms with Crippen LogP contribution in [0.5, 0.6) is 5.75 Å². The van der Waals surface area contributed by atoms with E-state index in [9.17, 15) is 22.4 Å². The average Bonchev–Trinajstić information content (AvgIpc) is 2.82. The molecule has 4 nitrogen and oxygen atoms in total. The zero-order valence-corrected chi connectivity index (χ0v) is 14.0. The molecule has 1 saturated heterocycles. The van der Waals surface area contributed by atoms with Crippen LogP contribution in [0, 0.1) is 11.7 Å². The maximum absolute atomic E-state index is 12.9. The van der Waals surface area contributed by atoms with Gasteiger partial charge in [-0.05, 0) is 38.1 Å². The maximum Gasteiger partial charge on any atom is 0.395 e. The number of nitrogens with two attached hydrogens (primary N) is 1. The molecular formula is C15H19ClF4N2O2. The number of benzene rings is 1. The average molecular weight is 371 g/mol. The number of carbonyl (C=O) groups excluding carboxylic acids is 1. The van der Waals surface area contributed by atoms with Gasteiger partial charge >= 0.3 is 6.18 Å². The van der Waals surface area contributed by atoms with Crippen molar-refractivity contribution in [2.75, 3.05) is 13.1 Å². The van der Waals surface area contributed by atoms with Crippen LogP contribution in [-0.2, 0) is 4.79 Å². The lowest BCUT2D eigenvalue weighted by molar-refractivity contribution is -0.174. The fourth-order valence-corrected chi connectivity index (χ4v) is 2.56. The van der Waals surface area contributed by atoms with Gasteiger partial charge in [-0.25, -0.2) is 4.39 Å². The van der Waals surface area contributed by atoms with Crippen molar-refractivity contribution in [2.24, 2.45) is 11.7 Å². The fourth-order valence-electron chi connectivity index (χ4n) is 2.56. The summed E-state index contributed by atoms with van der Waals surface area (Å²) in [6.45, 7) is 2.23. The molecule has 1 fully saturated rings. The summed E-state index contributed by atoms with van der Waals surface area (Å²) in [5, 5.41) is 0. The highest BCUT2D eigenvalue weighted by molar-refractivity contribution is 5.85. The Balaban J connectivity index is 0.00000288. The SMILES string of the molecule is CC(C)(Oc1ccc(F)cc1)C(=O)N1C[C@H](N)[C@@H](C(F)(F)F)C1.Cl. The van der Waals surface area contributed by atoms with E-state index in [1.165, 1.54) is 38.1 Å². The monoisotopic (exact) mass is 370 g/mol. The molecule has 0 saturated carbocycles. The molecule has 1 heterocycles. The number of ether oxygens (including phenoxy) is 1. The second-order valence-corrected chi connectivity index (χ2v) is 6.09. The van der Waals surface area contributed by atoms with E-state index in [1.54, 1.807) is 0 Å². The van der Waals surface area contributed by atoms with Crippen molar-refractivity contribution in [3.05, 3.63) is 30.1 Å². The first kappa shape index (κ1) is 20.5.